The van der Waals surface area contributed by atoms with Gasteiger partial charge in [-0.1, -0.05) is 13.8 Å². The third-order valence-electron chi connectivity index (χ3n) is 2.90. The number of hydrogen-bond donors (Lipinski definition) is 1. The van der Waals surface area contributed by atoms with Gasteiger partial charge in [0.05, 0.1) is 12.2 Å². The van der Waals surface area contributed by atoms with E-state index in [-0.39, 0.29) is 0 Å². The minimum absolute atomic E-state index is 0.496. The van der Waals surface area contributed by atoms with Crippen LogP contribution < -0.4 is 5.32 Å². The van der Waals surface area contributed by atoms with Crippen LogP contribution in [0.25, 0.3) is 0 Å². The summed E-state index contributed by atoms with van der Waals surface area (Å²) in [7, 11) is 0. The first-order chi connectivity index (χ1) is 6.72. The monoisotopic (exact) mass is 199 g/mol. The minimum atomic E-state index is 0.496. The molecule has 1 heterocycles. The quantitative estimate of drug-likeness (QED) is 0.664. The van der Waals surface area contributed by atoms with Crippen LogP contribution in [0.15, 0.2) is 0 Å². The molecule has 0 aromatic heterocycles. The Balaban J connectivity index is 2.05. The smallest absolute Gasteiger partial charge is 0.0582 e. The van der Waals surface area contributed by atoms with E-state index in [0.29, 0.717) is 12.2 Å². The Bertz CT molecular complexity index is 149. The van der Waals surface area contributed by atoms with Crippen LogP contribution in [0.5, 0.6) is 0 Å². The molecule has 3 unspecified atom stereocenters. The van der Waals surface area contributed by atoms with Crippen molar-refractivity contribution in [2.24, 2.45) is 5.92 Å². The molecule has 2 heteroatoms. The SMILES string of the molecule is CCCNCC(C)CC1CCC(C)O1. The lowest BCUT2D eigenvalue weighted by atomic mass is 10.0. The summed E-state index contributed by atoms with van der Waals surface area (Å²) in [6.45, 7) is 8.99. The van der Waals surface area contributed by atoms with E-state index in [1.807, 2.05) is 0 Å². The highest BCUT2D eigenvalue weighted by Crippen LogP contribution is 2.24. The van der Waals surface area contributed by atoms with Gasteiger partial charge < -0.3 is 10.1 Å². The number of ether oxygens (including phenoxy) is 1. The summed E-state index contributed by atoms with van der Waals surface area (Å²) in [4.78, 5) is 0. The molecule has 0 aromatic carbocycles. The van der Waals surface area contributed by atoms with Crippen molar-refractivity contribution in [3.05, 3.63) is 0 Å². The van der Waals surface area contributed by atoms with Crippen molar-refractivity contribution >= 4 is 0 Å². The average Bonchev–Trinajstić information content (AvgIpc) is 2.52. The molecular formula is C12H25NO. The van der Waals surface area contributed by atoms with Crippen molar-refractivity contribution < 1.29 is 4.74 Å². The maximum absolute atomic E-state index is 5.81. The van der Waals surface area contributed by atoms with Gasteiger partial charge in [-0.25, -0.2) is 0 Å². The van der Waals surface area contributed by atoms with Crippen molar-refractivity contribution in [1.29, 1.82) is 0 Å². The number of hydrogen-bond acceptors (Lipinski definition) is 2. The Morgan fingerprint density at radius 3 is 2.79 bits per heavy atom. The molecule has 1 rings (SSSR count). The highest BCUT2D eigenvalue weighted by molar-refractivity contribution is 4.73. The van der Waals surface area contributed by atoms with Gasteiger partial charge in [0.1, 0.15) is 0 Å². The first kappa shape index (κ1) is 12.0. The molecule has 0 saturated carbocycles. The molecule has 0 radical (unpaired) electrons. The molecule has 0 amide bonds. The van der Waals surface area contributed by atoms with Crippen LogP contribution in [-0.2, 0) is 4.74 Å². The summed E-state index contributed by atoms with van der Waals surface area (Å²) in [5.41, 5.74) is 0. The molecule has 0 aromatic rings. The van der Waals surface area contributed by atoms with E-state index in [1.54, 1.807) is 0 Å². The van der Waals surface area contributed by atoms with Gasteiger partial charge >= 0.3 is 0 Å². The van der Waals surface area contributed by atoms with Gasteiger partial charge in [-0.2, -0.15) is 0 Å². The molecule has 0 spiro atoms. The fourth-order valence-corrected chi connectivity index (χ4v) is 2.12. The van der Waals surface area contributed by atoms with Gasteiger partial charge in [0.25, 0.3) is 0 Å². The summed E-state index contributed by atoms with van der Waals surface area (Å²) >= 11 is 0. The molecule has 84 valence electrons. The zero-order chi connectivity index (χ0) is 10.4. The van der Waals surface area contributed by atoms with Crippen LogP contribution in [0.3, 0.4) is 0 Å². The molecule has 1 aliphatic heterocycles. The normalized spacial score (nSPS) is 29.4. The summed E-state index contributed by atoms with van der Waals surface area (Å²) in [5.74, 6) is 0.747. The van der Waals surface area contributed by atoms with E-state index in [0.717, 1.165) is 19.0 Å². The molecule has 1 N–H and O–H groups in total. The maximum atomic E-state index is 5.81. The zero-order valence-electron chi connectivity index (χ0n) is 9.88. The zero-order valence-corrected chi connectivity index (χ0v) is 9.88. The molecule has 1 saturated heterocycles. The second-order valence-electron chi connectivity index (χ2n) is 4.69. The molecule has 1 fully saturated rings. The number of rotatable bonds is 6. The molecule has 0 bridgehead atoms. The van der Waals surface area contributed by atoms with E-state index in [4.69, 9.17) is 4.74 Å². The fraction of sp³-hybridized carbons (Fsp3) is 1.00. The van der Waals surface area contributed by atoms with Gasteiger partial charge in [0, 0.05) is 0 Å². The standard InChI is InChI=1S/C12H25NO/c1-4-7-13-9-10(2)8-12-6-5-11(3)14-12/h10-13H,4-9H2,1-3H3. The Morgan fingerprint density at radius 1 is 1.43 bits per heavy atom. The third-order valence-corrected chi connectivity index (χ3v) is 2.90. The van der Waals surface area contributed by atoms with E-state index >= 15 is 0 Å². The van der Waals surface area contributed by atoms with E-state index in [9.17, 15) is 0 Å². The van der Waals surface area contributed by atoms with Crippen LogP contribution >= 0.6 is 0 Å². The Morgan fingerprint density at radius 2 is 2.21 bits per heavy atom. The molecule has 1 aliphatic rings. The van der Waals surface area contributed by atoms with E-state index in [2.05, 4.69) is 26.1 Å². The molecule has 14 heavy (non-hydrogen) atoms. The van der Waals surface area contributed by atoms with Crippen molar-refractivity contribution in [3.63, 3.8) is 0 Å². The van der Waals surface area contributed by atoms with Crippen molar-refractivity contribution in [2.75, 3.05) is 13.1 Å². The predicted octanol–water partition coefficient (Wildman–Crippen LogP) is 2.58. The summed E-state index contributed by atoms with van der Waals surface area (Å²) in [5, 5.41) is 3.46. The second-order valence-corrected chi connectivity index (χ2v) is 4.69. The molecule has 0 aliphatic carbocycles. The van der Waals surface area contributed by atoms with Crippen LogP contribution in [0.1, 0.15) is 46.5 Å². The van der Waals surface area contributed by atoms with E-state index in [1.165, 1.54) is 25.7 Å². The van der Waals surface area contributed by atoms with E-state index < -0.39 is 0 Å². The van der Waals surface area contributed by atoms with Crippen molar-refractivity contribution in [2.45, 2.75) is 58.7 Å². The first-order valence-electron chi connectivity index (χ1n) is 6.08. The lowest BCUT2D eigenvalue weighted by Crippen LogP contribution is -2.24. The molecule has 2 nitrogen and oxygen atoms in total. The summed E-state index contributed by atoms with van der Waals surface area (Å²) in [6.07, 6.45) is 5.99. The summed E-state index contributed by atoms with van der Waals surface area (Å²) < 4.78 is 5.81. The number of nitrogens with one attached hydrogen (secondary N) is 1. The third kappa shape index (κ3) is 4.43. The first-order valence-corrected chi connectivity index (χ1v) is 6.08. The van der Waals surface area contributed by atoms with Gasteiger partial charge in [-0.15, -0.1) is 0 Å². The van der Waals surface area contributed by atoms with Crippen molar-refractivity contribution in [1.82, 2.24) is 5.32 Å². The maximum Gasteiger partial charge on any atom is 0.0582 e. The fourth-order valence-electron chi connectivity index (χ4n) is 2.12. The topological polar surface area (TPSA) is 21.3 Å². The minimum Gasteiger partial charge on any atom is -0.375 e. The Kier molecular flexibility index (Phi) is 5.49. The lowest BCUT2D eigenvalue weighted by Gasteiger charge is -2.17. The van der Waals surface area contributed by atoms with Gasteiger partial charge in [0.15, 0.2) is 0 Å². The lowest BCUT2D eigenvalue weighted by molar-refractivity contribution is 0.0424. The Labute approximate surface area is 88.4 Å². The van der Waals surface area contributed by atoms with Gasteiger partial charge in [-0.3, -0.25) is 0 Å². The van der Waals surface area contributed by atoms with Gasteiger partial charge in [0.2, 0.25) is 0 Å². The summed E-state index contributed by atoms with van der Waals surface area (Å²) in [6, 6.07) is 0. The van der Waals surface area contributed by atoms with Crippen LogP contribution in [0.2, 0.25) is 0 Å². The van der Waals surface area contributed by atoms with Crippen LogP contribution in [0.4, 0.5) is 0 Å². The van der Waals surface area contributed by atoms with Crippen LogP contribution in [0, 0.1) is 5.92 Å². The van der Waals surface area contributed by atoms with Crippen molar-refractivity contribution in [3.8, 4) is 0 Å². The highest BCUT2D eigenvalue weighted by atomic mass is 16.5. The molecule has 3 atom stereocenters. The largest absolute Gasteiger partial charge is 0.375 e. The van der Waals surface area contributed by atoms with Gasteiger partial charge in [-0.05, 0) is 51.6 Å². The molecular weight excluding hydrogens is 174 g/mol. The highest BCUT2D eigenvalue weighted by Gasteiger charge is 2.23. The Hall–Kier alpha value is -0.0800. The second kappa shape index (κ2) is 6.41. The average molecular weight is 199 g/mol. The van der Waals surface area contributed by atoms with Crippen LogP contribution in [-0.4, -0.2) is 25.3 Å². The predicted molar refractivity (Wildman–Crippen MR) is 60.5 cm³/mol.